The van der Waals surface area contributed by atoms with Gasteiger partial charge in [0, 0.05) is 7.05 Å². The van der Waals surface area contributed by atoms with Gasteiger partial charge in [0.05, 0.1) is 22.6 Å². The summed E-state index contributed by atoms with van der Waals surface area (Å²) in [6.07, 6.45) is 1.69. The number of nitrogens with zero attached hydrogens (tertiary/aromatic N) is 2. The van der Waals surface area contributed by atoms with E-state index in [1.165, 1.54) is 35.2 Å². The standard InChI is InChI=1S/C23H19F2N3O2S/c1-13-19-22(26-12-28(2)23(19)30)31-20(13)21(29)27-18(15-6-4-8-17(25)11-15)10-14-5-3-7-16(24)9-14/h3-9,11-12,18H,10H2,1-2H3,(H,27,29). The van der Waals surface area contributed by atoms with Crippen molar-refractivity contribution in [2.75, 3.05) is 0 Å². The maximum atomic E-state index is 13.9. The molecule has 2 aromatic carbocycles. The van der Waals surface area contributed by atoms with Gasteiger partial charge < -0.3 is 9.88 Å². The molecule has 4 aromatic rings. The summed E-state index contributed by atoms with van der Waals surface area (Å²) < 4.78 is 28.9. The number of rotatable bonds is 5. The quantitative estimate of drug-likeness (QED) is 0.504. The van der Waals surface area contributed by atoms with Crippen molar-refractivity contribution < 1.29 is 13.6 Å². The Hall–Kier alpha value is -3.39. The molecule has 0 aliphatic carbocycles. The normalized spacial score (nSPS) is 12.1. The minimum absolute atomic E-state index is 0.223. The molecule has 0 fully saturated rings. The zero-order valence-electron chi connectivity index (χ0n) is 16.9. The van der Waals surface area contributed by atoms with Crippen molar-refractivity contribution in [2.24, 2.45) is 7.05 Å². The SMILES string of the molecule is Cc1c(C(=O)NC(Cc2cccc(F)c2)c2cccc(F)c2)sc2ncn(C)c(=O)c12. The van der Waals surface area contributed by atoms with Gasteiger partial charge in [-0.05, 0) is 54.3 Å². The average molecular weight is 439 g/mol. The Kier molecular flexibility index (Phi) is 5.65. The second-order valence-corrected chi connectivity index (χ2v) is 8.31. The number of nitrogens with one attached hydrogen (secondary N) is 1. The molecule has 8 heteroatoms. The summed E-state index contributed by atoms with van der Waals surface area (Å²) in [5.41, 5.74) is 1.55. The largest absolute Gasteiger partial charge is 0.344 e. The third-order valence-electron chi connectivity index (χ3n) is 5.10. The van der Waals surface area contributed by atoms with Crippen LogP contribution in [0.3, 0.4) is 0 Å². The van der Waals surface area contributed by atoms with E-state index in [1.807, 2.05) is 0 Å². The lowest BCUT2D eigenvalue weighted by Crippen LogP contribution is -2.30. The molecule has 158 valence electrons. The molecule has 0 spiro atoms. The minimum Gasteiger partial charge on any atom is -0.344 e. The first kappa shape index (κ1) is 20.9. The van der Waals surface area contributed by atoms with Crippen molar-refractivity contribution in [3.63, 3.8) is 0 Å². The topological polar surface area (TPSA) is 64.0 Å². The van der Waals surface area contributed by atoms with Crippen molar-refractivity contribution in [3.05, 3.63) is 98.4 Å². The Morgan fingerprint density at radius 3 is 2.58 bits per heavy atom. The fourth-order valence-electron chi connectivity index (χ4n) is 3.52. The fourth-order valence-corrected chi connectivity index (χ4v) is 4.57. The second kappa shape index (κ2) is 8.39. The molecule has 0 bridgehead atoms. The number of carbonyl (C=O) groups is 1. The van der Waals surface area contributed by atoms with Crippen molar-refractivity contribution in [3.8, 4) is 0 Å². The van der Waals surface area contributed by atoms with E-state index in [2.05, 4.69) is 10.3 Å². The molecule has 0 saturated carbocycles. The number of benzene rings is 2. The molecule has 2 aromatic heterocycles. The second-order valence-electron chi connectivity index (χ2n) is 7.31. The molecule has 0 aliphatic heterocycles. The van der Waals surface area contributed by atoms with E-state index in [9.17, 15) is 18.4 Å². The van der Waals surface area contributed by atoms with E-state index in [-0.39, 0.29) is 17.8 Å². The molecule has 2 heterocycles. The number of thiophene rings is 1. The number of aryl methyl sites for hydroxylation is 2. The molecule has 4 rings (SSSR count). The van der Waals surface area contributed by atoms with Gasteiger partial charge >= 0.3 is 0 Å². The van der Waals surface area contributed by atoms with E-state index in [0.717, 1.165) is 11.3 Å². The first-order valence-corrected chi connectivity index (χ1v) is 10.4. The van der Waals surface area contributed by atoms with Gasteiger partial charge in [-0.25, -0.2) is 13.8 Å². The van der Waals surface area contributed by atoms with Gasteiger partial charge in [-0.3, -0.25) is 9.59 Å². The molecule has 1 N–H and O–H groups in total. The lowest BCUT2D eigenvalue weighted by atomic mass is 9.98. The Morgan fingerprint density at radius 1 is 1.16 bits per heavy atom. The van der Waals surface area contributed by atoms with Crippen molar-refractivity contribution in [1.29, 1.82) is 0 Å². The Labute approximate surface area is 181 Å². The Bertz CT molecular complexity index is 1350. The van der Waals surface area contributed by atoms with Crippen LogP contribution in [0.1, 0.15) is 32.4 Å². The lowest BCUT2D eigenvalue weighted by molar-refractivity contribution is 0.0940. The van der Waals surface area contributed by atoms with Gasteiger partial charge in [0.2, 0.25) is 0 Å². The minimum atomic E-state index is -0.592. The molecular weight excluding hydrogens is 420 g/mol. The first-order chi connectivity index (χ1) is 14.8. The summed E-state index contributed by atoms with van der Waals surface area (Å²) in [6, 6.07) is 11.4. The fraction of sp³-hybridized carbons (Fsp3) is 0.174. The van der Waals surface area contributed by atoms with E-state index in [1.54, 1.807) is 38.2 Å². The zero-order valence-corrected chi connectivity index (χ0v) is 17.7. The van der Waals surface area contributed by atoms with Crippen LogP contribution < -0.4 is 10.9 Å². The number of hydrogen-bond donors (Lipinski definition) is 1. The van der Waals surface area contributed by atoms with Crippen LogP contribution in [0, 0.1) is 18.6 Å². The summed E-state index contributed by atoms with van der Waals surface area (Å²) in [7, 11) is 1.60. The monoisotopic (exact) mass is 439 g/mol. The van der Waals surface area contributed by atoms with E-state index in [0.29, 0.717) is 31.8 Å². The van der Waals surface area contributed by atoms with Crippen molar-refractivity contribution in [2.45, 2.75) is 19.4 Å². The third kappa shape index (κ3) is 4.25. The van der Waals surface area contributed by atoms with Crippen LogP contribution in [0.5, 0.6) is 0 Å². The number of fused-ring (bicyclic) bond motifs is 1. The van der Waals surface area contributed by atoms with Gasteiger partial charge in [-0.15, -0.1) is 11.3 Å². The van der Waals surface area contributed by atoms with E-state index in [4.69, 9.17) is 0 Å². The number of carbonyl (C=O) groups excluding carboxylic acids is 1. The lowest BCUT2D eigenvalue weighted by Gasteiger charge is -2.19. The molecule has 1 atom stereocenters. The van der Waals surface area contributed by atoms with Crippen molar-refractivity contribution in [1.82, 2.24) is 14.9 Å². The third-order valence-corrected chi connectivity index (χ3v) is 6.30. The number of amides is 1. The molecule has 0 radical (unpaired) electrons. The molecule has 0 saturated heterocycles. The highest BCUT2D eigenvalue weighted by molar-refractivity contribution is 7.20. The molecule has 5 nitrogen and oxygen atoms in total. The van der Waals surface area contributed by atoms with Crippen LogP contribution in [0.15, 0.2) is 59.7 Å². The summed E-state index contributed by atoms with van der Waals surface area (Å²) in [6.45, 7) is 1.71. The Balaban J connectivity index is 1.70. The summed E-state index contributed by atoms with van der Waals surface area (Å²) >= 11 is 1.13. The van der Waals surface area contributed by atoms with Crippen LogP contribution in [-0.2, 0) is 13.5 Å². The molecular formula is C23H19F2N3O2S. The zero-order chi connectivity index (χ0) is 22.1. The van der Waals surface area contributed by atoms with Crippen LogP contribution in [0.25, 0.3) is 10.2 Å². The van der Waals surface area contributed by atoms with Gasteiger partial charge in [0.15, 0.2) is 0 Å². The molecule has 0 aliphatic rings. The highest BCUT2D eigenvalue weighted by Gasteiger charge is 2.23. The number of aromatic nitrogens is 2. The highest BCUT2D eigenvalue weighted by Crippen LogP contribution is 2.28. The summed E-state index contributed by atoms with van der Waals surface area (Å²) in [5, 5.41) is 3.34. The molecule has 1 amide bonds. The van der Waals surface area contributed by atoms with Gasteiger partial charge in [0.1, 0.15) is 16.5 Å². The smallest absolute Gasteiger partial charge is 0.262 e. The predicted molar refractivity (Wildman–Crippen MR) is 116 cm³/mol. The van der Waals surface area contributed by atoms with Crippen molar-refractivity contribution >= 4 is 27.5 Å². The number of hydrogen-bond acceptors (Lipinski definition) is 4. The van der Waals surface area contributed by atoms with Crippen LogP contribution in [0.4, 0.5) is 8.78 Å². The average Bonchev–Trinajstić information content (AvgIpc) is 3.07. The van der Waals surface area contributed by atoms with E-state index < -0.39 is 17.8 Å². The van der Waals surface area contributed by atoms with Gasteiger partial charge in [-0.2, -0.15) is 0 Å². The highest BCUT2D eigenvalue weighted by atomic mass is 32.1. The maximum Gasteiger partial charge on any atom is 0.262 e. The number of halogens is 2. The Morgan fingerprint density at radius 2 is 1.87 bits per heavy atom. The van der Waals surface area contributed by atoms with Crippen LogP contribution in [-0.4, -0.2) is 15.5 Å². The van der Waals surface area contributed by atoms with Crippen LogP contribution in [0.2, 0.25) is 0 Å². The maximum absolute atomic E-state index is 13.9. The first-order valence-electron chi connectivity index (χ1n) is 9.59. The van der Waals surface area contributed by atoms with Gasteiger partial charge in [0.25, 0.3) is 11.5 Å². The van der Waals surface area contributed by atoms with Gasteiger partial charge in [-0.1, -0.05) is 24.3 Å². The molecule has 1 unspecified atom stereocenters. The summed E-state index contributed by atoms with van der Waals surface area (Å²) in [4.78, 5) is 30.7. The molecule has 31 heavy (non-hydrogen) atoms. The predicted octanol–water partition coefficient (Wildman–Crippen LogP) is 4.30. The van der Waals surface area contributed by atoms with E-state index >= 15 is 0 Å². The van der Waals surface area contributed by atoms with Crippen LogP contribution >= 0.6 is 11.3 Å². The summed E-state index contributed by atoms with van der Waals surface area (Å²) in [5.74, 6) is -1.21.